The monoisotopic (exact) mass is 336 g/mol. The summed E-state index contributed by atoms with van der Waals surface area (Å²) in [4.78, 5) is 0. The van der Waals surface area contributed by atoms with Gasteiger partial charge in [0.05, 0.1) is 14.2 Å². The quantitative estimate of drug-likeness (QED) is 0.921. The largest absolute Gasteiger partial charge is 0.493 e. The Morgan fingerprint density at radius 3 is 2.35 bits per heavy atom. The lowest BCUT2D eigenvalue weighted by molar-refractivity contribution is 0.218. The molecule has 1 unspecified atom stereocenters. The van der Waals surface area contributed by atoms with Crippen molar-refractivity contribution in [2.24, 2.45) is 0 Å². The van der Waals surface area contributed by atoms with Crippen molar-refractivity contribution in [2.45, 2.75) is 13.0 Å². The topological polar surface area (TPSA) is 38.7 Å². The zero-order valence-corrected chi connectivity index (χ0v) is 13.3. The van der Waals surface area contributed by atoms with Crippen molar-refractivity contribution in [1.82, 2.24) is 0 Å². The Labute approximate surface area is 127 Å². The van der Waals surface area contributed by atoms with Gasteiger partial charge in [0.25, 0.3) is 0 Å². The number of rotatable bonds is 4. The zero-order valence-electron chi connectivity index (χ0n) is 11.7. The lowest BCUT2D eigenvalue weighted by Gasteiger charge is -2.16. The van der Waals surface area contributed by atoms with Crippen LogP contribution in [0, 0.1) is 6.92 Å². The summed E-state index contributed by atoms with van der Waals surface area (Å²) in [6.45, 7) is 2.00. The highest BCUT2D eigenvalue weighted by Crippen LogP contribution is 2.34. The van der Waals surface area contributed by atoms with Crippen molar-refractivity contribution in [3.05, 3.63) is 57.6 Å². The molecule has 0 amide bonds. The SMILES string of the molecule is COc1ccc(C(O)c2cc(C)ccc2Br)cc1OC. The molecule has 0 aromatic heterocycles. The van der Waals surface area contributed by atoms with Crippen LogP contribution in [0.3, 0.4) is 0 Å². The van der Waals surface area contributed by atoms with Crippen LogP contribution < -0.4 is 9.47 Å². The van der Waals surface area contributed by atoms with Gasteiger partial charge in [-0.2, -0.15) is 0 Å². The number of benzene rings is 2. The third-order valence-electron chi connectivity index (χ3n) is 3.17. The molecule has 0 saturated heterocycles. The molecule has 0 fully saturated rings. The summed E-state index contributed by atoms with van der Waals surface area (Å²) in [7, 11) is 3.17. The number of halogens is 1. The molecule has 20 heavy (non-hydrogen) atoms. The normalized spacial score (nSPS) is 12.1. The van der Waals surface area contributed by atoms with Gasteiger partial charge in [0.1, 0.15) is 6.10 Å². The summed E-state index contributed by atoms with van der Waals surface area (Å²) in [5.74, 6) is 1.25. The van der Waals surface area contributed by atoms with Crippen LogP contribution in [0.1, 0.15) is 22.8 Å². The Bertz CT molecular complexity index is 611. The predicted octanol–water partition coefficient (Wildman–Crippen LogP) is 3.86. The molecule has 0 aliphatic carbocycles. The van der Waals surface area contributed by atoms with Gasteiger partial charge in [-0.25, -0.2) is 0 Å². The van der Waals surface area contributed by atoms with E-state index in [1.165, 1.54) is 0 Å². The number of hydrogen-bond donors (Lipinski definition) is 1. The average Bonchev–Trinajstić information content (AvgIpc) is 2.48. The van der Waals surface area contributed by atoms with Gasteiger partial charge in [-0.3, -0.25) is 0 Å². The summed E-state index contributed by atoms with van der Waals surface area (Å²) in [5.41, 5.74) is 2.69. The predicted molar refractivity (Wildman–Crippen MR) is 82.5 cm³/mol. The molecule has 0 aliphatic rings. The molecule has 1 N–H and O–H groups in total. The van der Waals surface area contributed by atoms with Gasteiger partial charge in [0, 0.05) is 4.47 Å². The molecule has 1 atom stereocenters. The van der Waals surface area contributed by atoms with Crippen LogP contribution in [0.2, 0.25) is 0 Å². The van der Waals surface area contributed by atoms with E-state index in [2.05, 4.69) is 15.9 Å². The Hall–Kier alpha value is -1.52. The third-order valence-corrected chi connectivity index (χ3v) is 3.89. The van der Waals surface area contributed by atoms with Crippen molar-refractivity contribution >= 4 is 15.9 Å². The van der Waals surface area contributed by atoms with Gasteiger partial charge < -0.3 is 14.6 Å². The summed E-state index contributed by atoms with van der Waals surface area (Å²) < 4.78 is 11.4. The van der Waals surface area contributed by atoms with Gasteiger partial charge in [-0.05, 0) is 36.2 Å². The highest BCUT2D eigenvalue weighted by atomic mass is 79.9. The van der Waals surface area contributed by atoms with Crippen molar-refractivity contribution in [3.8, 4) is 11.5 Å². The molecule has 3 nitrogen and oxygen atoms in total. The second kappa shape index (κ2) is 6.29. The van der Waals surface area contributed by atoms with E-state index in [0.29, 0.717) is 11.5 Å². The summed E-state index contributed by atoms with van der Waals surface area (Å²) in [6, 6.07) is 11.3. The first-order chi connectivity index (χ1) is 9.56. The second-order valence-corrected chi connectivity index (χ2v) is 5.40. The van der Waals surface area contributed by atoms with Gasteiger partial charge in [-0.15, -0.1) is 0 Å². The molecule has 4 heteroatoms. The fourth-order valence-electron chi connectivity index (χ4n) is 2.08. The minimum Gasteiger partial charge on any atom is -0.493 e. The van der Waals surface area contributed by atoms with Crippen LogP contribution in [-0.4, -0.2) is 19.3 Å². The molecule has 0 saturated carbocycles. The molecule has 106 valence electrons. The summed E-state index contributed by atoms with van der Waals surface area (Å²) >= 11 is 3.48. The number of ether oxygens (including phenoxy) is 2. The molecule has 0 spiro atoms. The molecule has 0 bridgehead atoms. The van der Waals surface area contributed by atoms with Crippen molar-refractivity contribution < 1.29 is 14.6 Å². The van der Waals surface area contributed by atoms with Crippen LogP contribution in [0.25, 0.3) is 0 Å². The molecule has 2 rings (SSSR count). The Morgan fingerprint density at radius 1 is 1.00 bits per heavy atom. The van der Waals surface area contributed by atoms with Crippen LogP contribution >= 0.6 is 15.9 Å². The maximum atomic E-state index is 10.6. The third kappa shape index (κ3) is 2.97. The highest BCUT2D eigenvalue weighted by molar-refractivity contribution is 9.10. The lowest BCUT2D eigenvalue weighted by Crippen LogP contribution is -2.02. The van der Waals surface area contributed by atoms with Crippen LogP contribution in [0.4, 0.5) is 0 Å². The number of methoxy groups -OCH3 is 2. The van der Waals surface area contributed by atoms with Crippen LogP contribution in [0.15, 0.2) is 40.9 Å². The van der Waals surface area contributed by atoms with Crippen molar-refractivity contribution in [3.63, 3.8) is 0 Å². The van der Waals surface area contributed by atoms with E-state index in [-0.39, 0.29) is 0 Å². The molecule has 0 heterocycles. The standard InChI is InChI=1S/C16H17BrO3/c1-10-4-6-13(17)12(8-10)16(18)11-5-7-14(19-2)15(9-11)20-3/h4-9,16,18H,1-3H3. The maximum absolute atomic E-state index is 10.6. The van der Waals surface area contributed by atoms with Crippen molar-refractivity contribution in [2.75, 3.05) is 14.2 Å². The van der Waals surface area contributed by atoms with Gasteiger partial charge in [0.15, 0.2) is 11.5 Å². The first-order valence-electron chi connectivity index (χ1n) is 6.23. The van der Waals surface area contributed by atoms with E-state index in [1.54, 1.807) is 26.4 Å². The zero-order chi connectivity index (χ0) is 14.7. The van der Waals surface area contributed by atoms with E-state index >= 15 is 0 Å². The lowest BCUT2D eigenvalue weighted by atomic mass is 9.99. The number of aliphatic hydroxyl groups is 1. The summed E-state index contributed by atoms with van der Waals surface area (Å²) in [6.07, 6.45) is -0.718. The smallest absolute Gasteiger partial charge is 0.161 e. The van der Waals surface area contributed by atoms with Gasteiger partial charge in [0.2, 0.25) is 0 Å². The number of hydrogen-bond acceptors (Lipinski definition) is 3. The van der Waals surface area contributed by atoms with Gasteiger partial charge in [-0.1, -0.05) is 39.7 Å². The minimum atomic E-state index is -0.718. The van der Waals surface area contributed by atoms with E-state index in [9.17, 15) is 5.11 Å². The fourth-order valence-corrected chi connectivity index (χ4v) is 2.54. The van der Waals surface area contributed by atoms with Gasteiger partial charge >= 0.3 is 0 Å². The fraction of sp³-hybridized carbons (Fsp3) is 0.250. The highest BCUT2D eigenvalue weighted by Gasteiger charge is 2.16. The first kappa shape index (κ1) is 14.9. The average molecular weight is 337 g/mol. The molecular formula is C16H17BrO3. The molecular weight excluding hydrogens is 320 g/mol. The molecule has 0 aliphatic heterocycles. The molecule has 2 aromatic carbocycles. The Kier molecular flexibility index (Phi) is 4.68. The molecule has 0 radical (unpaired) electrons. The van der Waals surface area contributed by atoms with E-state index in [1.807, 2.05) is 31.2 Å². The molecule has 2 aromatic rings. The van der Waals surface area contributed by atoms with E-state index in [0.717, 1.165) is 21.2 Å². The van der Waals surface area contributed by atoms with E-state index in [4.69, 9.17) is 9.47 Å². The van der Waals surface area contributed by atoms with Crippen molar-refractivity contribution in [1.29, 1.82) is 0 Å². The number of aryl methyl sites for hydroxylation is 1. The van der Waals surface area contributed by atoms with Crippen LogP contribution in [0.5, 0.6) is 11.5 Å². The second-order valence-electron chi connectivity index (χ2n) is 4.54. The Balaban J connectivity index is 2.42. The maximum Gasteiger partial charge on any atom is 0.161 e. The first-order valence-corrected chi connectivity index (χ1v) is 7.02. The van der Waals surface area contributed by atoms with E-state index < -0.39 is 6.10 Å². The summed E-state index contributed by atoms with van der Waals surface area (Å²) in [5, 5.41) is 10.6. The Morgan fingerprint density at radius 2 is 1.70 bits per heavy atom. The van der Waals surface area contributed by atoms with Crippen LogP contribution in [-0.2, 0) is 0 Å². The minimum absolute atomic E-state index is 0.604. The number of aliphatic hydroxyl groups excluding tert-OH is 1.